The lowest BCUT2D eigenvalue weighted by Crippen LogP contribution is -2.49. The van der Waals surface area contributed by atoms with Gasteiger partial charge in [0.15, 0.2) is 0 Å². The first-order valence-electron chi connectivity index (χ1n) is 12.5. The number of allylic oxidation sites excluding steroid dienone is 2. The van der Waals surface area contributed by atoms with E-state index in [9.17, 15) is 14.4 Å². The number of hydrogen-bond acceptors (Lipinski definition) is 3. The summed E-state index contributed by atoms with van der Waals surface area (Å²) in [5.41, 5.74) is 1.61. The molecule has 5 nitrogen and oxygen atoms in total. The van der Waals surface area contributed by atoms with E-state index in [1.807, 2.05) is 72.8 Å². The Morgan fingerprint density at radius 3 is 2.17 bits per heavy atom. The predicted molar refractivity (Wildman–Crippen MR) is 133 cm³/mol. The lowest BCUT2D eigenvalue weighted by Gasteiger charge is -2.37. The van der Waals surface area contributed by atoms with Gasteiger partial charge in [-0.25, -0.2) is 0 Å². The van der Waals surface area contributed by atoms with Crippen LogP contribution in [0.4, 0.5) is 5.69 Å². The number of anilines is 1. The molecule has 5 heteroatoms. The first-order valence-corrected chi connectivity index (χ1v) is 12.5. The Bertz CT molecular complexity index is 1360. The van der Waals surface area contributed by atoms with Crippen LogP contribution in [0.15, 0.2) is 84.9 Å². The van der Waals surface area contributed by atoms with E-state index in [1.165, 1.54) is 4.90 Å². The number of amides is 3. The van der Waals surface area contributed by atoms with E-state index in [4.69, 9.17) is 0 Å². The molecule has 1 N–H and O–H groups in total. The summed E-state index contributed by atoms with van der Waals surface area (Å²) in [6, 6.07) is 22.4. The third-order valence-corrected chi connectivity index (χ3v) is 8.63. The first-order chi connectivity index (χ1) is 17.1. The Kier molecular flexibility index (Phi) is 4.50. The highest BCUT2D eigenvalue weighted by Gasteiger charge is 2.67. The van der Waals surface area contributed by atoms with Gasteiger partial charge in [-0.3, -0.25) is 19.3 Å². The van der Waals surface area contributed by atoms with Crippen LogP contribution in [0.1, 0.15) is 12.0 Å². The van der Waals surface area contributed by atoms with Gasteiger partial charge in [0.25, 0.3) is 0 Å². The van der Waals surface area contributed by atoms with Gasteiger partial charge in [-0.15, -0.1) is 0 Å². The maximum Gasteiger partial charge on any atom is 0.248 e. The van der Waals surface area contributed by atoms with Crippen molar-refractivity contribution in [3.63, 3.8) is 0 Å². The van der Waals surface area contributed by atoms with Gasteiger partial charge in [0, 0.05) is 17.5 Å². The van der Waals surface area contributed by atoms with E-state index in [-0.39, 0.29) is 41.4 Å². The number of benzene rings is 3. The maximum atomic E-state index is 13.8. The molecule has 3 fully saturated rings. The molecular formula is C30H26N2O3. The number of rotatable bonds is 5. The lowest BCUT2D eigenvalue weighted by molar-refractivity contribution is -0.146. The summed E-state index contributed by atoms with van der Waals surface area (Å²) in [6.07, 6.45) is 5.74. The second-order valence-electron chi connectivity index (χ2n) is 10.4. The fraction of sp³-hybridized carbons (Fsp3) is 0.300. The third kappa shape index (κ3) is 3.10. The van der Waals surface area contributed by atoms with Gasteiger partial charge < -0.3 is 5.32 Å². The van der Waals surface area contributed by atoms with Crippen LogP contribution >= 0.6 is 0 Å². The minimum atomic E-state index is -0.891. The van der Waals surface area contributed by atoms with Crippen LogP contribution in [0.2, 0.25) is 0 Å². The van der Waals surface area contributed by atoms with Crippen molar-refractivity contribution in [3.05, 3.63) is 90.5 Å². The number of nitrogens with zero attached hydrogens (tertiary/aromatic N) is 1. The molecule has 0 unspecified atom stereocenters. The van der Waals surface area contributed by atoms with Crippen molar-refractivity contribution < 1.29 is 14.4 Å². The molecule has 5 aliphatic rings. The van der Waals surface area contributed by atoms with Crippen molar-refractivity contribution in [2.75, 3.05) is 5.32 Å². The van der Waals surface area contributed by atoms with Crippen LogP contribution in [-0.2, 0) is 20.8 Å². The fourth-order valence-corrected chi connectivity index (χ4v) is 6.98. The highest BCUT2D eigenvalue weighted by atomic mass is 16.2. The van der Waals surface area contributed by atoms with Crippen molar-refractivity contribution in [2.45, 2.75) is 18.9 Å². The Hall–Kier alpha value is -3.73. The summed E-state index contributed by atoms with van der Waals surface area (Å²) >= 11 is 0. The van der Waals surface area contributed by atoms with Gasteiger partial charge in [-0.2, -0.15) is 0 Å². The summed E-state index contributed by atoms with van der Waals surface area (Å²) in [4.78, 5) is 42.7. The second-order valence-corrected chi connectivity index (χ2v) is 10.4. The van der Waals surface area contributed by atoms with Gasteiger partial charge in [0.2, 0.25) is 17.7 Å². The highest BCUT2D eigenvalue weighted by Crippen LogP contribution is 2.65. The number of nitrogens with one attached hydrogen (secondary N) is 1. The molecule has 4 aliphatic carbocycles. The Morgan fingerprint density at radius 1 is 0.829 bits per heavy atom. The standard InChI is InChI=1S/C30H26N2O3/c33-28(31-24-12-6-10-18-9-4-5-11-19(18)24)25(15-17-7-2-1-3-8-17)32-29(34)26-20-13-14-21(23-16-22(20)23)27(26)30(32)35/h1-14,20-23,25-27H,15-16H2,(H,31,33)/t20-,21-,22-,23-,25-,26+,27+/m1/s1. The van der Waals surface area contributed by atoms with Crippen molar-refractivity contribution in [3.8, 4) is 0 Å². The Balaban J connectivity index is 1.25. The van der Waals surface area contributed by atoms with Crippen molar-refractivity contribution in [2.24, 2.45) is 35.5 Å². The monoisotopic (exact) mass is 462 g/mol. The van der Waals surface area contributed by atoms with E-state index >= 15 is 0 Å². The molecule has 1 saturated heterocycles. The molecule has 2 bridgehead atoms. The molecule has 7 atom stereocenters. The summed E-state index contributed by atoms with van der Waals surface area (Å²) in [5, 5.41) is 5.01. The molecular weight excluding hydrogens is 436 g/mol. The van der Waals surface area contributed by atoms with E-state index in [0.717, 1.165) is 22.8 Å². The third-order valence-electron chi connectivity index (χ3n) is 8.63. The quantitative estimate of drug-likeness (QED) is 0.450. The SMILES string of the molecule is O=C(Nc1cccc2ccccc12)[C@@H](Cc1ccccc1)N1C(=O)[C@H]2[C@@H]3C=C[C@H]([C@H]4C[C@H]34)[C@@H]2C1=O. The van der Waals surface area contributed by atoms with E-state index in [2.05, 4.69) is 17.5 Å². The molecule has 35 heavy (non-hydrogen) atoms. The minimum Gasteiger partial charge on any atom is -0.324 e. The second kappa shape index (κ2) is 7.64. The molecule has 0 spiro atoms. The highest BCUT2D eigenvalue weighted by molar-refractivity contribution is 6.12. The number of carbonyl (C=O) groups is 3. The average Bonchev–Trinajstić information content (AvgIpc) is 3.67. The zero-order valence-corrected chi connectivity index (χ0v) is 19.2. The van der Waals surface area contributed by atoms with Gasteiger partial charge in [-0.05, 0) is 47.1 Å². The van der Waals surface area contributed by atoms with Crippen LogP contribution in [0.3, 0.4) is 0 Å². The van der Waals surface area contributed by atoms with Crippen LogP contribution in [0.25, 0.3) is 10.8 Å². The van der Waals surface area contributed by atoms with Gasteiger partial charge >= 0.3 is 0 Å². The van der Waals surface area contributed by atoms with Crippen LogP contribution in [-0.4, -0.2) is 28.7 Å². The van der Waals surface area contributed by atoms with Crippen molar-refractivity contribution in [1.29, 1.82) is 0 Å². The van der Waals surface area contributed by atoms with Crippen molar-refractivity contribution >= 4 is 34.2 Å². The van der Waals surface area contributed by atoms with Crippen LogP contribution < -0.4 is 5.32 Å². The Labute approximate surface area is 203 Å². The molecule has 8 rings (SSSR count). The van der Waals surface area contributed by atoms with E-state index in [1.54, 1.807) is 0 Å². The molecule has 3 amide bonds. The van der Waals surface area contributed by atoms with E-state index in [0.29, 0.717) is 23.9 Å². The molecule has 0 aromatic heterocycles. The number of fused-ring (bicyclic) bond motifs is 1. The van der Waals surface area contributed by atoms with Gasteiger partial charge in [0.1, 0.15) is 6.04 Å². The summed E-state index contributed by atoms with van der Waals surface area (Å²) in [5.74, 6) is 0.0353. The zero-order valence-electron chi connectivity index (χ0n) is 19.2. The smallest absolute Gasteiger partial charge is 0.248 e. The summed E-state index contributed by atoms with van der Waals surface area (Å²) < 4.78 is 0. The number of imide groups is 1. The van der Waals surface area contributed by atoms with Crippen LogP contribution in [0, 0.1) is 35.5 Å². The van der Waals surface area contributed by atoms with E-state index < -0.39 is 6.04 Å². The topological polar surface area (TPSA) is 66.5 Å². The number of likely N-dealkylation sites (tertiary alicyclic amines) is 1. The maximum absolute atomic E-state index is 13.8. The molecule has 1 heterocycles. The minimum absolute atomic E-state index is 0.134. The number of carbonyl (C=O) groups excluding carboxylic acids is 3. The predicted octanol–water partition coefficient (Wildman–Crippen LogP) is 4.44. The normalized spacial score (nSPS) is 30.8. The number of hydrogen-bond donors (Lipinski definition) is 1. The molecule has 174 valence electrons. The molecule has 2 saturated carbocycles. The Morgan fingerprint density at radius 2 is 1.46 bits per heavy atom. The lowest BCUT2D eigenvalue weighted by atomic mass is 9.63. The summed E-state index contributed by atoms with van der Waals surface area (Å²) in [6.45, 7) is 0. The fourth-order valence-electron chi connectivity index (χ4n) is 6.98. The average molecular weight is 463 g/mol. The molecule has 3 aromatic rings. The largest absolute Gasteiger partial charge is 0.324 e. The molecule has 3 aromatic carbocycles. The van der Waals surface area contributed by atoms with Crippen molar-refractivity contribution in [1.82, 2.24) is 4.90 Å². The molecule has 0 radical (unpaired) electrons. The molecule has 1 aliphatic heterocycles. The van der Waals surface area contributed by atoms with Gasteiger partial charge in [-0.1, -0.05) is 78.9 Å². The van der Waals surface area contributed by atoms with Crippen LogP contribution in [0.5, 0.6) is 0 Å². The first kappa shape index (κ1) is 20.6. The summed E-state index contributed by atoms with van der Waals surface area (Å²) in [7, 11) is 0. The van der Waals surface area contributed by atoms with Gasteiger partial charge in [0.05, 0.1) is 11.8 Å². The zero-order chi connectivity index (χ0) is 23.7.